The van der Waals surface area contributed by atoms with Crippen LogP contribution in [0.25, 0.3) is 0 Å². The Morgan fingerprint density at radius 1 is 1.07 bits per heavy atom. The van der Waals surface area contributed by atoms with Gasteiger partial charge in [0.2, 0.25) is 5.91 Å². The lowest BCUT2D eigenvalue weighted by atomic mass is 9.78. The van der Waals surface area contributed by atoms with Crippen molar-refractivity contribution in [3.63, 3.8) is 0 Å². The van der Waals surface area contributed by atoms with Gasteiger partial charge in [-0.3, -0.25) is 20.7 Å². The minimum Gasteiger partial charge on any atom is -0.381 e. The van der Waals surface area contributed by atoms with E-state index in [-0.39, 0.29) is 18.3 Å². The molecule has 2 aliphatic carbocycles. The van der Waals surface area contributed by atoms with Crippen LogP contribution in [-0.2, 0) is 14.3 Å². The van der Waals surface area contributed by atoms with Crippen molar-refractivity contribution in [2.24, 2.45) is 17.8 Å². The lowest BCUT2D eigenvalue weighted by Crippen LogP contribution is -2.63. The fraction of sp³-hybridized carbons (Fsp3) is 0.957. The average molecular weight is 423 g/mol. The normalized spacial score (nSPS) is 40.9. The zero-order valence-corrected chi connectivity index (χ0v) is 18.9. The van der Waals surface area contributed by atoms with Gasteiger partial charge in [0.15, 0.2) is 0 Å². The van der Waals surface area contributed by atoms with E-state index in [1.807, 2.05) is 12.0 Å². The minimum atomic E-state index is 0.161. The van der Waals surface area contributed by atoms with E-state index in [9.17, 15) is 4.79 Å². The largest absolute Gasteiger partial charge is 0.381 e. The fourth-order valence-corrected chi connectivity index (χ4v) is 6.01. The molecule has 3 N–H and O–H groups in total. The number of hydrogen-bond acceptors (Lipinski definition) is 6. The van der Waals surface area contributed by atoms with E-state index >= 15 is 0 Å². The molecule has 2 saturated carbocycles. The second kappa shape index (κ2) is 10.7. The Labute approximate surface area is 182 Å². The molecule has 172 valence electrons. The van der Waals surface area contributed by atoms with Crippen molar-refractivity contribution in [1.82, 2.24) is 20.9 Å². The highest BCUT2D eigenvalue weighted by Crippen LogP contribution is 2.32. The van der Waals surface area contributed by atoms with Crippen molar-refractivity contribution in [1.29, 1.82) is 0 Å². The van der Waals surface area contributed by atoms with Gasteiger partial charge >= 0.3 is 0 Å². The van der Waals surface area contributed by atoms with Crippen LogP contribution in [0.4, 0.5) is 0 Å². The predicted molar refractivity (Wildman–Crippen MR) is 117 cm³/mol. The number of nitrogens with one attached hydrogen (secondary N) is 3. The Bertz CT molecular complexity index is 547. The molecule has 3 atom stereocenters. The van der Waals surface area contributed by atoms with Crippen molar-refractivity contribution >= 4 is 5.91 Å². The van der Waals surface area contributed by atoms with Crippen molar-refractivity contribution < 1.29 is 14.3 Å². The van der Waals surface area contributed by atoms with Gasteiger partial charge in [-0.2, -0.15) is 0 Å². The number of rotatable bonds is 5. The number of ether oxygens (including phenoxy) is 2. The van der Waals surface area contributed by atoms with E-state index in [4.69, 9.17) is 9.47 Å². The van der Waals surface area contributed by atoms with Crippen molar-refractivity contribution in [3.8, 4) is 0 Å². The highest BCUT2D eigenvalue weighted by atomic mass is 16.5. The van der Waals surface area contributed by atoms with Gasteiger partial charge in [-0.05, 0) is 63.7 Å². The van der Waals surface area contributed by atoms with Gasteiger partial charge in [0.05, 0.1) is 18.8 Å². The monoisotopic (exact) mass is 422 g/mol. The molecule has 30 heavy (non-hydrogen) atoms. The molecule has 7 heteroatoms. The summed E-state index contributed by atoms with van der Waals surface area (Å²) >= 11 is 0. The molecule has 1 amide bonds. The average Bonchev–Trinajstić information content (AvgIpc) is 2.79. The first kappa shape index (κ1) is 22.5. The Morgan fingerprint density at radius 3 is 2.53 bits per heavy atom. The summed E-state index contributed by atoms with van der Waals surface area (Å²) in [5.41, 5.74) is 0. The molecule has 0 bridgehead atoms. The van der Waals surface area contributed by atoms with Crippen molar-refractivity contribution in [3.05, 3.63) is 0 Å². The smallest absolute Gasteiger partial charge is 0.225 e. The first-order valence-corrected chi connectivity index (χ1v) is 12.3. The number of methoxy groups -OCH3 is 1. The molecule has 0 radical (unpaired) electrons. The number of amides is 1. The molecule has 0 spiro atoms. The van der Waals surface area contributed by atoms with Crippen LogP contribution in [0.5, 0.6) is 0 Å². The maximum absolute atomic E-state index is 13.0. The van der Waals surface area contributed by atoms with Crippen LogP contribution in [0.3, 0.4) is 0 Å². The van der Waals surface area contributed by atoms with E-state index in [2.05, 4.69) is 22.9 Å². The molecule has 3 unspecified atom stereocenters. The van der Waals surface area contributed by atoms with Gasteiger partial charge in [-0.25, -0.2) is 0 Å². The maximum atomic E-state index is 13.0. The molecule has 4 rings (SSSR count). The van der Waals surface area contributed by atoms with Gasteiger partial charge in [-0.15, -0.1) is 0 Å². The number of morpholine rings is 1. The van der Waals surface area contributed by atoms with Crippen molar-refractivity contribution in [2.75, 3.05) is 39.9 Å². The second-order valence-electron chi connectivity index (χ2n) is 9.97. The molecular weight excluding hydrogens is 380 g/mol. The van der Waals surface area contributed by atoms with E-state index in [1.165, 1.54) is 25.7 Å². The van der Waals surface area contributed by atoms with E-state index < -0.39 is 0 Å². The van der Waals surface area contributed by atoms with Crippen LogP contribution in [-0.4, -0.2) is 75.2 Å². The molecule has 4 fully saturated rings. The zero-order valence-electron chi connectivity index (χ0n) is 18.9. The fourth-order valence-electron chi connectivity index (χ4n) is 6.01. The van der Waals surface area contributed by atoms with Gasteiger partial charge in [0.25, 0.3) is 0 Å². The number of nitrogens with zero attached hydrogens (tertiary/aromatic N) is 1. The third-order valence-corrected chi connectivity index (χ3v) is 7.87. The third kappa shape index (κ3) is 5.74. The molecule has 7 nitrogen and oxygen atoms in total. The number of hydrogen-bond donors (Lipinski definition) is 3. The molecule has 0 aromatic heterocycles. The van der Waals surface area contributed by atoms with Crippen molar-refractivity contribution in [2.45, 2.75) is 82.8 Å². The van der Waals surface area contributed by atoms with Crippen LogP contribution in [0, 0.1) is 17.8 Å². The van der Waals surface area contributed by atoms with Gasteiger partial charge in [0.1, 0.15) is 6.29 Å². The van der Waals surface area contributed by atoms with Gasteiger partial charge < -0.3 is 14.4 Å². The highest BCUT2D eigenvalue weighted by Gasteiger charge is 2.34. The topological polar surface area (TPSA) is 74.9 Å². The Balaban J connectivity index is 1.19. The SMILES string of the molecule is COC1CCC(C2CNC(NC3CCCC(C(=O)N4CCOC(C)C4)C3)NC2)CC1. The summed E-state index contributed by atoms with van der Waals surface area (Å²) in [6.07, 6.45) is 10.1. The van der Waals surface area contributed by atoms with Crippen LogP contribution in [0.1, 0.15) is 58.3 Å². The molecule has 0 aromatic rings. The zero-order chi connectivity index (χ0) is 20.9. The first-order chi connectivity index (χ1) is 14.6. The number of carbonyl (C=O) groups is 1. The molecule has 0 aromatic carbocycles. The second-order valence-corrected chi connectivity index (χ2v) is 9.97. The van der Waals surface area contributed by atoms with Gasteiger partial charge in [0, 0.05) is 45.2 Å². The predicted octanol–water partition coefficient (Wildman–Crippen LogP) is 1.68. The third-order valence-electron chi connectivity index (χ3n) is 7.87. The number of carbonyl (C=O) groups excluding carboxylic acids is 1. The van der Waals surface area contributed by atoms with Crippen LogP contribution in [0.2, 0.25) is 0 Å². The maximum Gasteiger partial charge on any atom is 0.225 e. The molecular formula is C23H42N4O3. The lowest BCUT2D eigenvalue weighted by molar-refractivity contribution is -0.143. The quantitative estimate of drug-likeness (QED) is 0.626. The Hall–Kier alpha value is -0.730. The first-order valence-electron chi connectivity index (χ1n) is 12.3. The summed E-state index contributed by atoms with van der Waals surface area (Å²) in [6, 6.07) is 0.407. The van der Waals surface area contributed by atoms with Crippen LogP contribution in [0.15, 0.2) is 0 Å². The van der Waals surface area contributed by atoms with E-state index in [1.54, 1.807) is 0 Å². The molecule has 2 saturated heterocycles. The molecule has 2 aliphatic heterocycles. The molecule has 4 aliphatic rings. The highest BCUT2D eigenvalue weighted by molar-refractivity contribution is 5.79. The Kier molecular flexibility index (Phi) is 8.03. The Morgan fingerprint density at radius 2 is 1.83 bits per heavy atom. The summed E-state index contributed by atoms with van der Waals surface area (Å²) in [5.74, 6) is 2.02. The summed E-state index contributed by atoms with van der Waals surface area (Å²) in [4.78, 5) is 15.0. The van der Waals surface area contributed by atoms with Crippen LogP contribution < -0.4 is 16.0 Å². The summed E-state index contributed by atoms with van der Waals surface area (Å²) in [6.45, 7) is 6.37. The van der Waals surface area contributed by atoms with Gasteiger partial charge in [-0.1, -0.05) is 6.42 Å². The lowest BCUT2D eigenvalue weighted by Gasteiger charge is -2.41. The summed E-state index contributed by atoms with van der Waals surface area (Å²) < 4.78 is 11.1. The van der Waals surface area contributed by atoms with E-state index in [0.29, 0.717) is 30.6 Å². The van der Waals surface area contributed by atoms with Crippen LogP contribution >= 0.6 is 0 Å². The van der Waals surface area contributed by atoms with E-state index in [0.717, 1.165) is 57.8 Å². The summed E-state index contributed by atoms with van der Waals surface area (Å²) in [5, 5.41) is 11.1. The molecule has 2 heterocycles. The summed E-state index contributed by atoms with van der Waals surface area (Å²) in [7, 11) is 1.84. The minimum absolute atomic E-state index is 0.161. The standard InChI is InChI=1S/C23H42N4O3/c1-16-15-27(10-11-30-16)22(28)18-4-3-5-20(12-18)26-23-24-13-19(14-25-23)17-6-8-21(29-2)9-7-17/h16-21,23-26H,3-15H2,1-2H3.